The van der Waals surface area contributed by atoms with Gasteiger partial charge in [0, 0.05) is 13.1 Å². The number of hydrogen-bond donors (Lipinski definition) is 6. The van der Waals surface area contributed by atoms with Crippen LogP contribution in [0.5, 0.6) is 0 Å². The number of nitrogens with one attached hydrogen (secondary N) is 4. The number of nitrogen functional groups attached to an aromatic ring is 1. The Morgan fingerprint density at radius 2 is 1.58 bits per heavy atom. The van der Waals surface area contributed by atoms with E-state index in [0.29, 0.717) is 0 Å². The molecular formula is C29H48N9O12P2+. The molecule has 7 N–H and O–H groups in total. The van der Waals surface area contributed by atoms with Gasteiger partial charge in [-0.25, -0.2) is 15.2 Å². The molecule has 3 rings (SSSR count). The summed E-state index contributed by atoms with van der Waals surface area (Å²) in [5.74, 6) is -4.54. The number of nitrogens with two attached hydrogens (primary N) is 1. The number of imidazole rings is 1. The van der Waals surface area contributed by atoms with Crippen molar-refractivity contribution < 1.29 is 52.4 Å². The third-order valence-corrected chi connectivity index (χ3v) is 11.7. The van der Waals surface area contributed by atoms with Gasteiger partial charge in [0.05, 0.1) is 51.3 Å². The van der Waals surface area contributed by atoms with Gasteiger partial charge in [-0.15, -0.1) is 0 Å². The molecule has 0 radical (unpaired) electrons. The molecule has 21 nitrogen and oxygen atoms in total. The number of aromatic amines is 1. The molecule has 0 aromatic carbocycles. The van der Waals surface area contributed by atoms with Gasteiger partial charge in [0.2, 0.25) is 19.3 Å². The molecule has 3 heterocycles. The first-order chi connectivity index (χ1) is 24.5. The van der Waals surface area contributed by atoms with Gasteiger partial charge < -0.3 is 39.3 Å². The number of nitrogens with zero attached hydrogens (tertiary/aromatic N) is 4. The number of aliphatic hydroxyl groups is 1. The number of fused-ring (bicyclic) bond motifs is 1. The van der Waals surface area contributed by atoms with E-state index < -0.39 is 87.5 Å². The van der Waals surface area contributed by atoms with Crippen molar-refractivity contribution in [2.45, 2.75) is 84.1 Å². The van der Waals surface area contributed by atoms with Crippen LogP contribution in [0.3, 0.4) is 0 Å². The molecule has 5 unspecified atom stereocenters. The number of carbonyl (C=O) groups is 4. The Labute approximate surface area is 300 Å². The largest absolute Gasteiger partial charge is 0.465 e. The lowest BCUT2D eigenvalue weighted by Gasteiger charge is -2.30. The monoisotopic (exact) mass is 776 g/mol. The average Bonchev–Trinajstić information content (AvgIpc) is 3.70. The minimum atomic E-state index is -4.26. The van der Waals surface area contributed by atoms with Crippen molar-refractivity contribution in [1.82, 2.24) is 39.7 Å². The average molecular weight is 777 g/mol. The number of rotatable bonds is 20. The zero-order chi connectivity index (χ0) is 38.7. The third-order valence-electron chi connectivity index (χ3n) is 7.83. The topological polar surface area (TPSA) is 288 Å². The van der Waals surface area contributed by atoms with Crippen LogP contribution < -0.4 is 26.6 Å². The van der Waals surface area contributed by atoms with E-state index >= 15 is 0 Å². The highest BCUT2D eigenvalue weighted by Gasteiger charge is 2.42. The number of H-pyrrole nitrogens is 1. The number of hydrogen-bond acceptors (Lipinski definition) is 15. The quantitative estimate of drug-likeness (QED) is 0.0573. The van der Waals surface area contributed by atoms with E-state index in [0.717, 1.165) is 0 Å². The third kappa shape index (κ3) is 11.1. The Hall–Kier alpha value is -3.84. The maximum Gasteiger partial charge on any atom is 0.433 e. The van der Waals surface area contributed by atoms with Gasteiger partial charge in [-0.1, -0.05) is 9.65 Å². The van der Waals surface area contributed by atoms with Crippen LogP contribution in [-0.2, 0) is 47.3 Å². The van der Waals surface area contributed by atoms with Crippen molar-refractivity contribution in [1.29, 1.82) is 0 Å². The van der Waals surface area contributed by atoms with Crippen LogP contribution in [-0.4, -0.2) is 129 Å². The van der Waals surface area contributed by atoms with E-state index in [-0.39, 0.29) is 62.6 Å². The van der Waals surface area contributed by atoms with Gasteiger partial charge in [0.1, 0.15) is 18.1 Å². The van der Waals surface area contributed by atoms with E-state index in [4.69, 9.17) is 24.7 Å². The van der Waals surface area contributed by atoms with Crippen LogP contribution in [0.15, 0.2) is 11.1 Å². The van der Waals surface area contributed by atoms with Crippen molar-refractivity contribution in [3.8, 4) is 0 Å². The zero-order valence-electron chi connectivity index (χ0n) is 29.9. The van der Waals surface area contributed by atoms with Gasteiger partial charge in [0.15, 0.2) is 23.2 Å². The second-order valence-corrected chi connectivity index (χ2v) is 15.7. The van der Waals surface area contributed by atoms with Gasteiger partial charge in [0.25, 0.3) is 5.56 Å². The predicted octanol–water partition coefficient (Wildman–Crippen LogP) is -0.262. The summed E-state index contributed by atoms with van der Waals surface area (Å²) in [7, 11) is -6.42. The fraction of sp³-hybridized carbons (Fsp3) is 0.690. The number of ether oxygens (including phenoxy) is 4. The Morgan fingerprint density at radius 3 is 2.13 bits per heavy atom. The molecule has 1 fully saturated rings. The minimum Gasteiger partial charge on any atom is -0.465 e. The smallest absolute Gasteiger partial charge is 0.433 e. The lowest BCUT2D eigenvalue weighted by molar-refractivity contribution is -0.145. The van der Waals surface area contributed by atoms with Gasteiger partial charge in [-0.2, -0.15) is 4.98 Å². The molecule has 1 aliphatic rings. The van der Waals surface area contributed by atoms with Crippen molar-refractivity contribution in [3.63, 3.8) is 0 Å². The van der Waals surface area contributed by atoms with E-state index in [9.17, 15) is 38.2 Å². The first kappa shape index (κ1) is 42.6. The molecule has 0 aliphatic carbocycles. The highest BCUT2D eigenvalue weighted by Crippen LogP contribution is 2.43. The summed E-state index contributed by atoms with van der Waals surface area (Å²) in [5.41, 5.74) is 5.26. The normalized spacial score (nSPS) is 19.7. The summed E-state index contributed by atoms with van der Waals surface area (Å²) < 4.78 is 49.3. The Balaban J connectivity index is 1.85. The predicted molar refractivity (Wildman–Crippen MR) is 186 cm³/mol. The van der Waals surface area contributed by atoms with Gasteiger partial charge in [-0.3, -0.25) is 33.5 Å². The Morgan fingerprint density at radius 1 is 1.02 bits per heavy atom. The van der Waals surface area contributed by atoms with Gasteiger partial charge >= 0.3 is 25.9 Å². The number of carbonyl (C=O) groups excluding carboxylic acids is 4. The number of likely N-dealkylation sites (tertiary alicyclic amines) is 1. The SMILES string of the molecule is CCOC(=O)C(C)N[P+](=O)CCC(=O)N1CC(n2cnc3c(=O)[nH]c(N)nc32)[C@H](OC[C@@H](O)P(=O)(NC(C)C(=O)OCC)NC(C)C(=O)OCC)C1. The lowest BCUT2D eigenvalue weighted by atomic mass is 10.2. The summed E-state index contributed by atoms with van der Waals surface area (Å²) >= 11 is 0. The van der Waals surface area contributed by atoms with E-state index in [1.807, 2.05) is 0 Å². The number of aromatic nitrogens is 4. The molecule has 0 saturated carbocycles. The molecule has 23 heteroatoms. The molecule has 2 aromatic rings. The fourth-order valence-electron chi connectivity index (χ4n) is 5.27. The highest BCUT2D eigenvalue weighted by atomic mass is 31.2. The molecule has 7 atom stereocenters. The summed E-state index contributed by atoms with van der Waals surface area (Å²) in [4.78, 5) is 74.7. The molecule has 1 amide bonds. The molecular weight excluding hydrogens is 728 g/mol. The second kappa shape index (κ2) is 19.3. The molecule has 52 heavy (non-hydrogen) atoms. The van der Waals surface area contributed by atoms with Crippen LogP contribution in [0.25, 0.3) is 11.2 Å². The zero-order valence-corrected chi connectivity index (χ0v) is 31.7. The van der Waals surface area contributed by atoms with Crippen LogP contribution in [0.4, 0.5) is 5.95 Å². The number of esters is 3. The molecule has 290 valence electrons. The molecule has 0 spiro atoms. The molecule has 1 aliphatic heterocycles. The highest BCUT2D eigenvalue weighted by molar-refractivity contribution is 7.60. The number of amides is 1. The van der Waals surface area contributed by atoms with E-state index in [1.165, 1.54) is 36.6 Å². The maximum atomic E-state index is 14.2. The van der Waals surface area contributed by atoms with Crippen LogP contribution >= 0.6 is 15.4 Å². The summed E-state index contributed by atoms with van der Waals surface area (Å²) in [5, 5.41) is 19.1. The number of aliphatic hydroxyl groups excluding tert-OH is 1. The van der Waals surface area contributed by atoms with Crippen molar-refractivity contribution >= 4 is 56.3 Å². The number of anilines is 1. The Bertz CT molecular complexity index is 1680. The standard InChI is InChI=1S/C29H47N9O12P2/c1-7-47-26(42)16(4)34-51(45)11-10-21(39)37-12-19(38-15-31-23-24(38)32-29(30)33-25(23)41)20(13-37)50-14-22(40)52(46,35-17(5)27(43)48-8-2)36-18(6)28(44)49-9-3/h15-20,22,40H,7-14H2,1-6H3,(H5-,30,32,33,34,35,36,41,45,46)/p+1/t16?,17?,18?,19?,20-,22+,52?/m1/s1. The lowest BCUT2D eigenvalue weighted by Crippen LogP contribution is -2.46. The summed E-state index contributed by atoms with van der Waals surface area (Å²) in [6, 6.07) is -3.97. The molecule has 0 bridgehead atoms. The van der Waals surface area contributed by atoms with Crippen molar-refractivity contribution in [2.75, 3.05) is 51.4 Å². The maximum absolute atomic E-state index is 14.2. The molecule has 1 saturated heterocycles. The van der Waals surface area contributed by atoms with Crippen LogP contribution in [0.2, 0.25) is 0 Å². The fourth-order valence-corrected chi connectivity index (χ4v) is 8.41. The summed E-state index contributed by atoms with van der Waals surface area (Å²) in [6.45, 7) is 8.60. The molecule has 2 aromatic heterocycles. The Kier molecular flexibility index (Phi) is 15.8. The first-order valence-corrected chi connectivity index (χ1v) is 19.9. The summed E-state index contributed by atoms with van der Waals surface area (Å²) in [6.07, 6.45) is 0.136. The minimum absolute atomic E-state index is 0.00315. The van der Waals surface area contributed by atoms with Gasteiger partial charge in [-0.05, 0) is 41.5 Å². The van der Waals surface area contributed by atoms with Crippen molar-refractivity contribution in [3.05, 3.63) is 16.7 Å². The van der Waals surface area contributed by atoms with Crippen LogP contribution in [0, 0.1) is 0 Å². The second-order valence-electron chi connectivity index (χ2n) is 11.8. The van der Waals surface area contributed by atoms with Crippen LogP contribution in [0.1, 0.15) is 54.0 Å². The van der Waals surface area contributed by atoms with E-state index in [1.54, 1.807) is 20.8 Å². The first-order valence-electron chi connectivity index (χ1n) is 16.7. The van der Waals surface area contributed by atoms with Crippen molar-refractivity contribution in [2.24, 2.45) is 0 Å². The van der Waals surface area contributed by atoms with E-state index in [2.05, 4.69) is 30.2 Å².